The average Bonchev–Trinajstić information content (AvgIpc) is 2.31. The minimum absolute atomic E-state index is 0.0341. The van der Waals surface area contributed by atoms with Gasteiger partial charge in [-0.3, -0.25) is 0 Å². The summed E-state index contributed by atoms with van der Waals surface area (Å²) < 4.78 is 0. The summed E-state index contributed by atoms with van der Waals surface area (Å²) in [6.07, 6.45) is 0.711. The van der Waals surface area contributed by atoms with Crippen LogP contribution in [0, 0.1) is 0 Å². The molecular weight excluding hydrogens is 260 g/mol. The molecule has 0 saturated heterocycles. The van der Waals surface area contributed by atoms with Gasteiger partial charge in [-0.2, -0.15) is 0 Å². The smallest absolute Gasteiger partial charge is 0.170 e. The number of nitrogens with zero attached hydrogens (tertiary/aromatic N) is 1. The molecule has 1 aromatic carbocycles. The zero-order valence-corrected chi connectivity index (χ0v) is 11.0. The second kappa shape index (κ2) is 6.74. The summed E-state index contributed by atoms with van der Waals surface area (Å²) in [6, 6.07) is 5.23. The fourth-order valence-corrected chi connectivity index (χ4v) is 2.56. The zero-order chi connectivity index (χ0) is 12.8. The van der Waals surface area contributed by atoms with Crippen LogP contribution in [-0.4, -0.2) is 28.0 Å². The molecular formula is C11H15ClN2O2S. The second-order valence-electron chi connectivity index (χ2n) is 3.57. The Hall–Kier alpha value is -0.910. The second-order valence-corrected chi connectivity index (χ2v) is 5.46. The lowest BCUT2D eigenvalue weighted by molar-refractivity contribution is 0.289. The van der Waals surface area contributed by atoms with E-state index in [-0.39, 0.29) is 17.7 Å². The van der Waals surface area contributed by atoms with E-state index in [9.17, 15) is 0 Å². The van der Waals surface area contributed by atoms with Gasteiger partial charge in [-0.25, -0.2) is 0 Å². The van der Waals surface area contributed by atoms with E-state index in [2.05, 4.69) is 5.16 Å². The third-order valence-corrected chi connectivity index (χ3v) is 3.87. The number of hydrogen-bond acceptors (Lipinski definition) is 4. The van der Waals surface area contributed by atoms with Crippen LogP contribution in [0.3, 0.4) is 0 Å². The number of nitrogens with two attached hydrogens (primary N) is 1. The van der Waals surface area contributed by atoms with Crippen LogP contribution in [-0.2, 0) is 0 Å². The number of aliphatic hydroxyl groups is 1. The summed E-state index contributed by atoms with van der Waals surface area (Å²) >= 11 is 7.69. The van der Waals surface area contributed by atoms with E-state index in [4.69, 9.17) is 27.6 Å². The molecule has 1 rings (SSSR count). The van der Waals surface area contributed by atoms with Crippen molar-refractivity contribution in [1.29, 1.82) is 0 Å². The van der Waals surface area contributed by atoms with Crippen molar-refractivity contribution >= 4 is 29.2 Å². The Balaban J connectivity index is 2.83. The molecule has 0 heterocycles. The minimum Gasteiger partial charge on any atom is -0.409 e. The van der Waals surface area contributed by atoms with Crippen LogP contribution in [0.2, 0.25) is 5.02 Å². The van der Waals surface area contributed by atoms with E-state index in [1.165, 1.54) is 0 Å². The van der Waals surface area contributed by atoms with Gasteiger partial charge in [0.25, 0.3) is 0 Å². The first kappa shape index (κ1) is 14.2. The highest BCUT2D eigenvalue weighted by Crippen LogP contribution is 2.32. The van der Waals surface area contributed by atoms with Crippen LogP contribution in [0.15, 0.2) is 28.3 Å². The number of benzene rings is 1. The van der Waals surface area contributed by atoms with Crippen LogP contribution in [0.1, 0.15) is 18.9 Å². The fourth-order valence-electron chi connectivity index (χ4n) is 1.27. The van der Waals surface area contributed by atoms with Crippen molar-refractivity contribution in [3.63, 3.8) is 0 Å². The monoisotopic (exact) mass is 274 g/mol. The van der Waals surface area contributed by atoms with Crippen molar-refractivity contribution < 1.29 is 10.3 Å². The molecule has 1 unspecified atom stereocenters. The lowest BCUT2D eigenvalue weighted by Gasteiger charge is -2.11. The number of halogens is 1. The first-order chi connectivity index (χ1) is 8.08. The Morgan fingerprint density at radius 3 is 2.82 bits per heavy atom. The van der Waals surface area contributed by atoms with Crippen molar-refractivity contribution in [3.05, 3.63) is 28.8 Å². The lowest BCUT2D eigenvalue weighted by atomic mass is 10.2. The molecule has 0 amide bonds. The third-order valence-electron chi connectivity index (χ3n) is 2.20. The number of rotatable bonds is 5. The largest absolute Gasteiger partial charge is 0.409 e. The van der Waals surface area contributed by atoms with Crippen LogP contribution < -0.4 is 5.73 Å². The van der Waals surface area contributed by atoms with Crippen molar-refractivity contribution in [2.24, 2.45) is 10.9 Å². The van der Waals surface area contributed by atoms with Gasteiger partial charge in [0.15, 0.2) is 5.84 Å². The SMILES string of the molecule is CC(CCO)Sc1ccc(C(N)=NO)cc1Cl. The van der Waals surface area contributed by atoms with E-state index < -0.39 is 0 Å². The molecule has 1 atom stereocenters. The van der Waals surface area contributed by atoms with E-state index in [0.29, 0.717) is 17.0 Å². The highest BCUT2D eigenvalue weighted by atomic mass is 35.5. The Labute approximate surface area is 109 Å². The summed E-state index contributed by atoms with van der Waals surface area (Å²) in [4.78, 5) is 0.919. The fraction of sp³-hybridized carbons (Fsp3) is 0.364. The average molecular weight is 275 g/mol. The van der Waals surface area contributed by atoms with Crippen LogP contribution in [0.5, 0.6) is 0 Å². The summed E-state index contributed by atoms with van der Waals surface area (Å²) in [7, 11) is 0. The molecule has 0 aromatic heterocycles. The topological polar surface area (TPSA) is 78.8 Å². The Bertz CT molecular complexity index is 412. The number of hydrogen-bond donors (Lipinski definition) is 3. The molecule has 0 fully saturated rings. The highest BCUT2D eigenvalue weighted by Gasteiger charge is 2.09. The summed E-state index contributed by atoms with van der Waals surface area (Å²) in [6.45, 7) is 2.18. The molecule has 4 N–H and O–H groups in total. The van der Waals surface area contributed by atoms with Gasteiger partial charge in [-0.1, -0.05) is 23.7 Å². The highest BCUT2D eigenvalue weighted by molar-refractivity contribution is 8.00. The van der Waals surface area contributed by atoms with Gasteiger partial charge in [0.2, 0.25) is 0 Å². The number of aliphatic hydroxyl groups excluding tert-OH is 1. The molecule has 0 aliphatic heterocycles. The van der Waals surface area contributed by atoms with Crippen LogP contribution in [0.4, 0.5) is 0 Å². The third kappa shape index (κ3) is 4.11. The standard InChI is InChI=1S/C11H15ClN2O2S/c1-7(4-5-15)17-10-3-2-8(6-9(10)12)11(13)14-16/h2-3,6-7,15-16H,4-5H2,1H3,(H2,13,14). The molecule has 0 spiro atoms. The Kier molecular flexibility index (Phi) is 5.61. The maximum Gasteiger partial charge on any atom is 0.170 e. The molecule has 0 aliphatic carbocycles. The molecule has 0 aliphatic rings. The summed E-state index contributed by atoms with van der Waals surface area (Å²) in [5.41, 5.74) is 6.04. The van der Waals surface area contributed by atoms with Crippen molar-refractivity contribution in [3.8, 4) is 0 Å². The molecule has 1 aromatic rings. The van der Waals surface area contributed by atoms with Crippen LogP contribution >= 0.6 is 23.4 Å². The van der Waals surface area contributed by atoms with Crippen molar-refractivity contribution in [2.75, 3.05) is 6.61 Å². The van der Waals surface area contributed by atoms with E-state index in [1.807, 2.05) is 13.0 Å². The molecule has 0 radical (unpaired) electrons. The van der Waals surface area contributed by atoms with Crippen molar-refractivity contribution in [1.82, 2.24) is 0 Å². The molecule has 6 heteroatoms. The quantitative estimate of drug-likeness (QED) is 0.253. The van der Waals surface area contributed by atoms with E-state index in [0.717, 1.165) is 4.90 Å². The van der Waals surface area contributed by atoms with E-state index in [1.54, 1.807) is 23.9 Å². The van der Waals surface area contributed by atoms with Gasteiger partial charge in [0.05, 0.1) is 5.02 Å². The first-order valence-electron chi connectivity index (χ1n) is 5.13. The summed E-state index contributed by atoms with van der Waals surface area (Å²) in [5, 5.41) is 21.1. The molecule has 0 bridgehead atoms. The maximum absolute atomic E-state index is 8.83. The molecule has 0 saturated carbocycles. The van der Waals surface area contributed by atoms with Gasteiger partial charge < -0.3 is 16.0 Å². The normalized spacial score (nSPS) is 13.7. The van der Waals surface area contributed by atoms with Crippen LogP contribution in [0.25, 0.3) is 0 Å². The number of thioether (sulfide) groups is 1. The maximum atomic E-state index is 8.83. The van der Waals surface area contributed by atoms with Gasteiger partial charge >= 0.3 is 0 Å². The van der Waals surface area contributed by atoms with E-state index >= 15 is 0 Å². The number of oxime groups is 1. The van der Waals surface area contributed by atoms with Gasteiger partial charge in [0, 0.05) is 22.3 Å². The minimum atomic E-state index is 0.0341. The Morgan fingerprint density at radius 2 is 2.29 bits per heavy atom. The predicted molar refractivity (Wildman–Crippen MR) is 71.0 cm³/mol. The van der Waals surface area contributed by atoms with Crippen molar-refractivity contribution in [2.45, 2.75) is 23.5 Å². The molecule has 17 heavy (non-hydrogen) atoms. The van der Waals surface area contributed by atoms with Gasteiger partial charge in [-0.05, 0) is 24.6 Å². The van der Waals surface area contributed by atoms with Gasteiger partial charge in [0.1, 0.15) is 0 Å². The summed E-state index contributed by atoms with van der Waals surface area (Å²) in [5.74, 6) is 0.0341. The zero-order valence-electron chi connectivity index (χ0n) is 9.43. The Morgan fingerprint density at radius 1 is 1.59 bits per heavy atom. The van der Waals surface area contributed by atoms with Gasteiger partial charge in [-0.15, -0.1) is 11.8 Å². The number of amidine groups is 1. The first-order valence-corrected chi connectivity index (χ1v) is 6.39. The predicted octanol–water partition coefficient (Wildman–Crippen LogP) is 2.30. The lowest BCUT2D eigenvalue weighted by Crippen LogP contribution is -2.12. The molecule has 4 nitrogen and oxygen atoms in total. The molecule has 94 valence electrons.